The smallest absolute Gasteiger partial charge is 0 e. The molecule has 0 N–H and O–H groups in total. The summed E-state index contributed by atoms with van der Waals surface area (Å²) in [5.74, 6) is 0. The maximum atomic E-state index is 4.39. The molecule has 0 spiro atoms. The summed E-state index contributed by atoms with van der Waals surface area (Å²) in [6.07, 6.45) is 2.72. The minimum atomic E-state index is 0. The van der Waals surface area contributed by atoms with Crippen LogP contribution in [0.3, 0.4) is 0 Å². The molecular weight excluding hydrogens is 329 g/mol. The van der Waals surface area contributed by atoms with Crippen LogP contribution in [0.5, 0.6) is 0 Å². The van der Waals surface area contributed by atoms with Gasteiger partial charge in [-0.25, -0.2) is 0 Å². The van der Waals surface area contributed by atoms with Crippen molar-refractivity contribution in [3.63, 3.8) is 0 Å². The average Bonchev–Trinajstić information content (AvgIpc) is 2.33. The molecule has 3 heteroatoms. The predicted octanol–water partition coefficient (Wildman–Crippen LogP) is 3.87. The van der Waals surface area contributed by atoms with E-state index in [4.69, 9.17) is 0 Å². The second-order valence-corrected chi connectivity index (χ2v) is 3.66. The minimum Gasteiger partial charge on any atom is -0.352 e. The zero-order chi connectivity index (χ0) is 11.1. The van der Waals surface area contributed by atoms with Crippen LogP contribution in [0.15, 0.2) is 54.6 Å². The van der Waals surface area contributed by atoms with Crippen molar-refractivity contribution in [3.05, 3.63) is 61.0 Å². The third-order valence-electron chi connectivity index (χ3n) is 1.99. The Hall–Kier alpha value is -0.178. The van der Waals surface area contributed by atoms with Gasteiger partial charge in [0.05, 0.1) is 0 Å². The van der Waals surface area contributed by atoms with Crippen LogP contribution in [0.25, 0.3) is 11.1 Å². The zero-order valence-electron chi connectivity index (χ0n) is 8.67. The summed E-state index contributed by atoms with van der Waals surface area (Å²) in [7, 11) is 2.71. The molecule has 0 aliphatic carbocycles. The molecule has 0 nitrogen and oxygen atoms in total. The summed E-state index contributed by atoms with van der Waals surface area (Å²) < 4.78 is 0. The Labute approximate surface area is 118 Å². The number of benzene rings is 2. The van der Waals surface area contributed by atoms with E-state index in [1.807, 2.05) is 6.07 Å². The summed E-state index contributed by atoms with van der Waals surface area (Å²) in [6, 6.07) is 18.9. The molecule has 2 rings (SSSR count). The molecule has 16 heavy (non-hydrogen) atoms. The van der Waals surface area contributed by atoms with Crippen LogP contribution >= 0.6 is 20.8 Å². The molecule has 1 atom stereocenters. The molecule has 0 saturated carbocycles. The molecule has 0 heterocycles. The average molecular weight is 342 g/mol. The van der Waals surface area contributed by atoms with Crippen LogP contribution in [0.2, 0.25) is 0 Å². The molecule has 2 aromatic rings. The van der Waals surface area contributed by atoms with Crippen molar-refractivity contribution in [1.29, 1.82) is 0 Å². The van der Waals surface area contributed by atoms with Crippen LogP contribution < -0.4 is 5.30 Å². The van der Waals surface area contributed by atoms with Crippen molar-refractivity contribution in [2.24, 2.45) is 0 Å². The largest absolute Gasteiger partial charge is 0.352 e. The Kier molecular flexibility index (Phi) is 8.82. The van der Waals surface area contributed by atoms with Crippen LogP contribution in [0, 0.1) is 6.38 Å². The normalized spacial score (nSPS) is 8.44. The summed E-state index contributed by atoms with van der Waals surface area (Å²) in [4.78, 5) is 0. The van der Waals surface area contributed by atoms with E-state index < -0.39 is 0 Å². The van der Waals surface area contributed by atoms with Gasteiger partial charge in [-0.15, -0.1) is 9.24 Å². The summed E-state index contributed by atoms with van der Waals surface area (Å²) >= 11 is 4.39. The van der Waals surface area contributed by atoms with E-state index >= 15 is 0 Å². The Morgan fingerprint density at radius 1 is 0.812 bits per heavy atom. The Morgan fingerprint density at radius 2 is 1.38 bits per heavy atom. The Balaban J connectivity index is 0.000000711. The van der Waals surface area contributed by atoms with Gasteiger partial charge in [0, 0.05) is 20.4 Å². The molecule has 1 unspecified atom stereocenters. The molecule has 0 aromatic heterocycles. The number of rotatable bonds is 1. The van der Waals surface area contributed by atoms with Gasteiger partial charge in [-0.1, -0.05) is 48.5 Å². The second-order valence-electron chi connectivity index (χ2n) is 2.99. The summed E-state index contributed by atoms with van der Waals surface area (Å²) in [6.45, 7) is 0. The van der Waals surface area contributed by atoms with Gasteiger partial charge in [-0.05, 0) is 22.5 Å². The fourth-order valence-electron chi connectivity index (χ4n) is 1.35. The maximum absolute atomic E-state index is 4.39. The van der Waals surface area contributed by atoms with E-state index in [1.165, 1.54) is 16.4 Å². The molecule has 88 valence electrons. The van der Waals surface area contributed by atoms with E-state index in [0.29, 0.717) is 0 Å². The number of hydrogen-bond donors (Lipinski definition) is 0. The van der Waals surface area contributed by atoms with Crippen molar-refractivity contribution < 1.29 is 20.4 Å². The zero-order valence-corrected chi connectivity index (χ0v) is 12.1. The van der Waals surface area contributed by atoms with Crippen LogP contribution in [-0.2, 0) is 20.4 Å². The standard InChI is InChI=1S/C12H11P.CH2Cl.Pd/c13-12-8-4-7-11(9-12)10-5-2-1-3-6-10;1-2;/h1-9H,13H2;1H2;/q;-1;. The van der Waals surface area contributed by atoms with Crippen molar-refractivity contribution in [1.82, 2.24) is 0 Å². The van der Waals surface area contributed by atoms with E-state index in [-0.39, 0.29) is 20.4 Å². The van der Waals surface area contributed by atoms with Gasteiger partial charge < -0.3 is 11.6 Å². The first-order valence-electron chi connectivity index (χ1n) is 4.54. The molecule has 0 fully saturated rings. The molecule has 0 amide bonds. The van der Waals surface area contributed by atoms with Crippen LogP contribution in [0.4, 0.5) is 0 Å². The quantitative estimate of drug-likeness (QED) is 0.419. The van der Waals surface area contributed by atoms with Gasteiger partial charge in [0.15, 0.2) is 0 Å². The molecule has 0 aliphatic rings. The van der Waals surface area contributed by atoms with E-state index in [1.54, 1.807) is 0 Å². The molecule has 0 aliphatic heterocycles. The fraction of sp³-hybridized carbons (Fsp3) is 0. The maximum Gasteiger partial charge on any atom is 0 e. The molecule has 0 saturated heterocycles. The van der Waals surface area contributed by atoms with E-state index in [0.717, 1.165) is 0 Å². The van der Waals surface area contributed by atoms with Gasteiger partial charge in [0.25, 0.3) is 0 Å². The van der Waals surface area contributed by atoms with Crippen molar-refractivity contribution in [2.75, 3.05) is 0 Å². The Bertz CT molecular complexity index is 404. The predicted molar refractivity (Wildman–Crippen MR) is 72.4 cm³/mol. The van der Waals surface area contributed by atoms with Crippen LogP contribution in [-0.4, -0.2) is 0 Å². The minimum absolute atomic E-state index is 0. The summed E-state index contributed by atoms with van der Waals surface area (Å²) in [5, 5.41) is 1.22. The van der Waals surface area contributed by atoms with Gasteiger partial charge in [-0.3, -0.25) is 6.38 Å². The SMILES string of the molecule is Pc1cccc(-c2ccccc2)c1.[CH2-]Cl.[Pd]. The monoisotopic (exact) mass is 341 g/mol. The van der Waals surface area contributed by atoms with E-state index in [2.05, 4.69) is 75.8 Å². The first kappa shape index (κ1) is 15.8. The Morgan fingerprint density at radius 3 is 1.94 bits per heavy atom. The number of halogens is 1. The molecule has 0 radical (unpaired) electrons. The first-order chi connectivity index (χ1) is 7.36. The van der Waals surface area contributed by atoms with Gasteiger partial charge in [-0.2, -0.15) is 0 Å². The second kappa shape index (κ2) is 8.92. The molecule has 2 aromatic carbocycles. The van der Waals surface area contributed by atoms with Gasteiger partial charge in [0.1, 0.15) is 0 Å². The first-order valence-corrected chi connectivity index (χ1v) is 5.65. The molecule has 0 bridgehead atoms. The van der Waals surface area contributed by atoms with Crippen LogP contribution in [0.1, 0.15) is 0 Å². The van der Waals surface area contributed by atoms with Crippen molar-refractivity contribution in [3.8, 4) is 11.1 Å². The number of hydrogen-bond acceptors (Lipinski definition) is 0. The third-order valence-corrected chi connectivity index (χ3v) is 2.35. The molecular formula is C13H13ClPPd-. The topological polar surface area (TPSA) is 0 Å². The van der Waals surface area contributed by atoms with Gasteiger partial charge >= 0.3 is 0 Å². The van der Waals surface area contributed by atoms with Crippen molar-refractivity contribution >= 4 is 26.1 Å². The summed E-state index contributed by atoms with van der Waals surface area (Å²) in [5.41, 5.74) is 2.54. The van der Waals surface area contributed by atoms with Gasteiger partial charge in [0.2, 0.25) is 0 Å². The fourth-order valence-corrected chi connectivity index (χ4v) is 1.64. The third kappa shape index (κ3) is 4.77. The van der Waals surface area contributed by atoms with Crippen molar-refractivity contribution in [2.45, 2.75) is 0 Å². The van der Waals surface area contributed by atoms with E-state index in [9.17, 15) is 0 Å².